The Bertz CT molecular complexity index is 465. The number of carbonyl (C=O) groups excluding carboxylic acids is 2. The van der Waals surface area contributed by atoms with Crippen LogP contribution in [0.2, 0.25) is 6.32 Å². The largest absolute Gasteiger partial charge is 0.465 e. The average molecular weight is 370 g/mol. The molecule has 1 fully saturated rings. The second-order valence-corrected chi connectivity index (χ2v) is 8.19. The molecule has 1 saturated carbocycles. The van der Waals surface area contributed by atoms with E-state index >= 15 is 0 Å². The van der Waals surface area contributed by atoms with Gasteiger partial charge in [0.2, 0.25) is 0 Å². The average Bonchev–Trinajstić information content (AvgIpc) is 2.96. The Labute approximate surface area is 158 Å². The first kappa shape index (κ1) is 23.0. The summed E-state index contributed by atoms with van der Waals surface area (Å²) in [6.45, 7) is 11.2. The predicted octanol–water partition coefficient (Wildman–Crippen LogP) is 2.63. The molecule has 6 nitrogen and oxygen atoms in total. The molecule has 0 bridgehead atoms. The van der Waals surface area contributed by atoms with Crippen LogP contribution in [0.3, 0.4) is 0 Å². The molecule has 0 aliphatic heterocycles. The monoisotopic (exact) mass is 370 g/mol. The first-order valence-electron chi connectivity index (χ1n) is 9.71. The van der Waals surface area contributed by atoms with Crippen molar-refractivity contribution in [1.82, 2.24) is 0 Å². The molecule has 1 atom stereocenters. The zero-order valence-corrected chi connectivity index (χ0v) is 17.2. The standard InChI is InChI=1S/C19H35BO6/c1-7-24-15(21)19(16(22)25-8-2)11-9-14(13-19)10-12-20-26-18(5,6)17(3,4)23/h14,20,23H,7-13H2,1-6H3. The number of rotatable bonds is 10. The molecule has 0 amide bonds. The molecule has 1 aliphatic rings. The molecule has 0 heterocycles. The van der Waals surface area contributed by atoms with Crippen LogP contribution in [0.25, 0.3) is 0 Å². The van der Waals surface area contributed by atoms with Crippen LogP contribution in [-0.2, 0) is 23.7 Å². The van der Waals surface area contributed by atoms with Crippen molar-refractivity contribution < 1.29 is 28.8 Å². The van der Waals surface area contributed by atoms with Crippen LogP contribution in [-0.4, -0.2) is 48.9 Å². The minimum absolute atomic E-state index is 0.254. The summed E-state index contributed by atoms with van der Waals surface area (Å²) in [5, 5.41) is 10.1. The Morgan fingerprint density at radius 3 is 2.12 bits per heavy atom. The van der Waals surface area contributed by atoms with Gasteiger partial charge in [0, 0.05) is 0 Å². The molecule has 1 unspecified atom stereocenters. The van der Waals surface area contributed by atoms with Crippen LogP contribution in [0.4, 0.5) is 0 Å². The number of hydrogen-bond acceptors (Lipinski definition) is 6. The highest BCUT2D eigenvalue weighted by Gasteiger charge is 2.53. The van der Waals surface area contributed by atoms with E-state index in [9.17, 15) is 14.7 Å². The Hall–Kier alpha value is -1.08. The fourth-order valence-corrected chi connectivity index (χ4v) is 3.26. The lowest BCUT2D eigenvalue weighted by atomic mass is 9.80. The van der Waals surface area contributed by atoms with Gasteiger partial charge < -0.3 is 19.2 Å². The van der Waals surface area contributed by atoms with Crippen molar-refractivity contribution in [3.8, 4) is 0 Å². The molecule has 26 heavy (non-hydrogen) atoms. The van der Waals surface area contributed by atoms with E-state index in [0.717, 1.165) is 19.2 Å². The van der Waals surface area contributed by atoms with Crippen LogP contribution in [0.5, 0.6) is 0 Å². The molecule has 0 aromatic heterocycles. The summed E-state index contributed by atoms with van der Waals surface area (Å²) in [4.78, 5) is 24.9. The maximum atomic E-state index is 12.4. The fourth-order valence-electron chi connectivity index (χ4n) is 3.26. The highest BCUT2D eigenvalue weighted by molar-refractivity contribution is 6.27. The number of hydrogen-bond donors (Lipinski definition) is 1. The van der Waals surface area contributed by atoms with E-state index in [2.05, 4.69) is 0 Å². The molecule has 1 rings (SSSR count). The summed E-state index contributed by atoms with van der Waals surface area (Å²) in [6.07, 6.45) is 3.42. The predicted molar refractivity (Wildman–Crippen MR) is 101 cm³/mol. The summed E-state index contributed by atoms with van der Waals surface area (Å²) in [5.74, 6) is -0.654. The molecule has 0 spiro atoms. The third kappa shape index (κ3) is 5.46. The summed E-state index contributed by atoms with van der Waals surface area (Å²) >= 11 is 0. The highest BCUT2D eigenvalue weighted by atomic mass is 16.6. The maximum Gasteiger partial charge on any atom is 0.323 e. The number of esters is 2. The van der Waals surface area contributed by atoms with Crippen LogP contribution >= 0.6 is 0 Å². The van der Waals surface area contributed by atoms with Crippen molar-refractivity contribution in [2.24, 2.45) is 11.3 Å². The summed E-state index contributed by atoms with van der Waals surface area (Å²) < 4.78 is 16.2. The van der Waals surface area contributed by atoms with Gasteiger partial charge in [0.1, 0.15) is 0 Å². The topological polar surface area (TPSA) is 82.1 Å². The lowest BCUT2D eigenvalue weighted by molar-refractivity contribution is -0.171. The highest BCUT2D eigenvalue weighted by Crippen LogP contribution is 2.45. The van der Waals surface area contributed by atoms with Gasteiger partial charge >= 0.3 is 11.9 Å². The molecule has 1 N–H and O–H groups in total. The second-order valence-electron chi connectivity index (χ2n) is 8.19. The van der Waals surface area contributed by atoms with E-state index in [0.29, 0.717) is 20.3 Å². The third-order valence-corrected chi connectivity index (χ3v) is 5.64. The van der Waals surface area contributed by atoms with Crippen LogP contribution in [0.1, 0.15) is 67.2 Å². The van der Waals surface area contributed by atoms with Gasteiger partial charge in [-0.1, -0.05) is 12.7 Å². The van der Waals surface area contributed by atoms with Gasteiger partial charge in [-0.05, 0) is 66.7 Å². The van der Waals surface area contributed by atoms with Crippen LogP contribution < -0.4 is 0 Å². The Morgan fingerprint density at radius 1 is 1.12 bits per heavy atom. The molecule has 1 aliphatic carbocycles. The van der Waals surface area contributed by atoms with Gasteiger partial charge in [0.15, 0.2) is 5.41 Å². The molecule has 0 aromatic carbocycles. The van der Waals surface area contributed by atoms with E-state index in [1.807, 2.05) is 13.8 Å². The van der Waals surface area contributed by atoms with Crippen molar-refractivity contribution >= 4 is 19.4 Å². The lowest BCUT2D eigenvalue weighted by Gasteiger charge is -2.37. The van der Waals surface area contributed by atoms with Crippen molar-refractivity contribution in [2.45, 2.75) is 84.7 Å². The zero-order chi connectivity index (χ0) is 20.0. The molecular formula is C19H35BO6. The molecule has 150 valence electrons. The van der Waals surface area contributed by atoms with Crippen molar-refractivity contribution in [1.29, 1.82) is 0 Å². The Kier molecular flexibility index (Phi) is 8.15. The smallest absolute Gasteiger partial charge is 0.323 e. The van der Waals surface area contributed by atoms with Crippen molar-refractivity contribution in [3.63, 3.8) is 0 Å². The van der Waals surface area contributed by atoms with Crippen molar-refractivity contribution in [2.75, 3.05) is 13.2 Å². The fraction of sp³-hybridized carbons (Fsp3) is 0.895. The summed E-state index contributed by atoms with van der Waals surface area (Å²) in [5.41, 5.74) is -2.71. The second kappa shape index (κ2) is 9.22. The minimum Gasteiger partial charge on any atom is -0.465 e. The zero-order valence-electron chi connectivity index (χ0n) is 17.2. The van der Waals surface area contributed by atoms with Gasteiger partial charge in [-0.15, -0.1) is 0 Å². The van der Waals surface area contributed by atoms with E-state index in [1.165, 1.54) is 0 Å². The van der Waals surface area contributed by atoms with Crippen LogP contribution in [0.15, 0.2) is 0 Å². The first-order chi connectivity index (χ1) is 12.0. The van der Waals surface area contributed by atoms with Gasteiger partial charge in [0.25, 0.3) is 7.48 Å². The summed E-state index contributed by atoms with van der Waals surface area (Å²) in [7, 11) is 0.527. The molecule has 0 aromatic rings. The quantitative estimate of drug-likeness (QED) is 0.276. The van der Waals surface area contributed by atoms with Gasteiger partial charge in [-0.3, -0.25) is 9.59 Å². The summed E-state index contributed by atoms with van der Waals surface area (Å²) in [6, 6.07) is 0. The Balaban J connectivity index is 2.59. The van der Waals surface area contributed by atoms with Crippen molar-refractivity contribution in [3.05, 3.63) is 0 Å². The normalized spacial score (nSPS) is 19.9. The maximum absolute atomic E-state index is 12.4. The molecule has 0 saturated heterocycles. The van der Waals surface area contributed by atoms with Crippen LogP contribution in [0, 0.1) is 11.3 Å². The van der Waals surface area contributed by atoms with Gasteiger partial charge in [-0.2, -0.15) is 0 Å². The first-order valence-corrected chi connectivity index (χ1v) is 9.71. The van der Waals surface area contributed by atoms with E-state index in [4.69, 9.17) is 14.1 Å². The molecule has 7 heteroatoms. The lowest BCUT2D eigenvalue weighted by Crippen LogP contribution is -2.48. The molecular weight excluding hydrogens is 335 g/mol. The van der Waals surface area contributed by atoms with Gasteiger partial charge in [0.05, 0.1) is 24.4 Å². The minimum atomic E-state index is -1.15. The Morgan fingerprint density at radius 2 is 1.65 bits per heavy atom. The van der Waals surface area contributed by atoms with Gasteiger partial charge in [-0.25, -0.2) is 0 Å². The number of aliphatic hydroxyl groups is 1. The van der Waals surface area contributed by atoms with E-state index in [-0.39, 0.29) is 19.1 Å². The number of carbonyl (C=O) groups is 2. The van der Waals surface area contributed by atoms with E-state index in [1.54, 1.807) is 27.7 Å². The van der Waals surface area contributed by atoms with E-state index < -0.39 is 28.6 Å². The molecule has 0 radical (unpaired) electrons. The third-order valence-electron chi connectivity index (χ3n) is 5.64. The SMILES string of the molecule is CCOC(=O)C1(C(=O)OCC)CCC(CCBOC(C)(C)C(C)(C)O)C1. The number of ether oxygens (including phenoxy) is 2.